The van der Waals surface area contributed by atoms with Crippen molar-refractivity contribution in [2.75, 3.05) is 0 Å². The van der Waals surface area contributed by atoms with Crippen molar-refractivity contribution in [3.05, 3.63) is 164 Å². The quantitative estimate of drug-likeness (QED) is 0.187. The number of hydrogen-bond donors (Lipinski definition) is 0. The van der Waals surface area contributed by atoms with Crippen LogP contribution in [0.1, 0.15) is 0 Å². The van der Waals surface area contributed by atoms with E-state index in [2.05, 4.69) is 150 Å². The van der Waals surface area contributed by atoms with E-state index in [1.54, 1.807) is 11.3 Å². The molecule has 0 bridgehead atoms. The summed E-state index contributed by atoms with van der Waals surface area (Å²) in [7, 11) is 0. The molecule has 0 saturated carbocycles. The lowest BCUT2D eigenvalue weighted by molar-refractivity contribution is 0.673. The zero-order valence-electron chi connectivity index (χ0n) is 27.2. The molecule has 0 N–H and O–H groups in total. The molecular weight excluding hydrogens is 643 g/mol. The lowest BCUT2D eigenvalue weighted by Crippen LogP contribution is -1.99. The van der Waals surface area contributed by atoms with E-state index < -0.39 is 0 Å². The summed E-state index contributed by atoms with van der Waals surface area (Å²) in [6, 6.07) is 57.6. The lowest BCUT2D eigenvalue weighted by Gasteiger charge is -2.13. The van der Waals surface area contributed by atoms with Gasteiger partial charge in [0.1, 0.15) is 11.2 Å². The van der Waals surface area contributed by atoms with Gasteiger partial charge in [0.05, 0.1) is 27.8 Å². The summed E-state index contributed by atoms with van der Waals surface area (Å²) in [4.78, 5) is 10.6. The van der Waals surface area contributed by atoms with Gasteiger partial charge in [-0.3, -0.25) is 0 Å². The zero-order valence-corrected chi connectivity index (χ0v) is 28.1. The van der Waals surface area contributed by atoms with Crippen molar-refractivity contribution in [3.63, 3.8) is 0 Å². The summed E-state index contributed by atoms with van der Waals surface area (Å²) in [5.41, 5.74) is 9.98. The van der Waals surface area contributed by atoms with Crippen LogP contribution >= 0.6 is 11.3 Å². The average molecular weight is 670 g/mol. The van der Waals surface area contributed by atoms with Gasteiger partial charge in [0.25, 0.3) is 0 Å². The number of para-hydroxylation sites is 2. The second-order valence-corrected chi connectivity index (χ2v) is 14.0. The molecule has 5 heteroatoms. The highest BCUT2D eigenvalue weighted by atomic mass is 32.1. The Morgan fingerprint density at radius 1 is 0.490 bits per heavy atom. The van der Waals surface area contributed by atoms with Gasteiger partial charge in [0.15, 0.2) is 5.82 Å². The first-order chi connectivity index (χ1) is 25.3. The van der Waals surface area contributed by atoms with Gasteiger partial charge in [-0.15, -0.1) is 11.3 Å². The molecule has 238 valence electrons. The number of nitrogens with zero attached hydrogens (tertiary/aromatic N) is 3. The molecule has 4 heterocycles. The Kier molecular flexibility index (Phi) is 6.09. The third-order valence-electron chi connectivity index (χ3n) is 10.0. The molecule has 0 atom stereocenters. The average Bonchev–Trinajstić information content (AvgIpc) is 3.87. The minimum absolute atomic E-state index is 0.703. The van der Waals surface area contributed by atoms with Crippen LogP contribution in [0, 0.1) is 0 Å². The number of benzene rings is 7. The van der Waals surface area contributed by atoms with E-state index in [1.807, 2.05) is 18.2 Å². The third-order valence-corrected chi connectivity index (χ3v) is 11.2. The molecule has 11 rings (SSSR count). The van der Waals surface area contributed by atoms with Crippen LogP contribution in [-0.2, 0) is 0 Å². The van der Waals surface area contributed by atoms with E-state index in [9.17, 15) is 0 Å². The Balaban J connectivity index is 1.25. The predicted molar refractivity (Wildman–Crippen MR) is 213 cm³/mol. The van der Waals surface area contributed by atoms with Gasteiger partial charge in [0.2, 0.25) is 0 Å². The van der Waals surface area contributed by atoms with Crippen molar-refractivity contribution >= 4 is 75.3 Å². The van der Waals surface area contributed by atoms with E-state index in [0.29, 0.717) is 5.82 Å². The van der Waals surface area contributed by atoms with Crippen LogP contribution in [0.3, 0.4) is 0 Å². The van der Waals surface area contributed by atoms with Crippen molar-refractivity contribution in [2.45, 2.75) is 0 Å². The maximum absolute atomic E-state index is 6.61. The van der Waals surface area contributed by atoms with E-state index in [4.69, 9.17) is 14.4 Å². The summed E-state index contributed by atoms with van der Waals surface area (Å²) in [6.07, 6.45) is 0. The molecule has 0 aliphatic heterocycles. The highest BCUT2D eigenvalue weighted by Crippen LogP contribution is 2.45. The summed E-state index contributed by atoms with van der Waals surface area (Å²) >= 11 is 1.80. The number of furan rings is 1. The lowest BCUT2D eigenvalue weighted by atomic mass is 10.0. The van der Waals surface area contributed by atoms with Gasteiger partial charge < -0.3 is 8.98 Å². The first kappa shape index (κ1) is 28.3. The number of hydrogen-bond acceptors (Lipinski definition) is 4. The fourth-order valence-electron chi connectivity index (χ4n) is 7.70. The second-order valence-electron chi connectivity index (χ2n) is 12.9. The first-order valence-corrected chi connectivity index (χ1v) is 17.9. The topological polar surface area (TPSA) is 43.9 Å². The Hall–Kier alpha value is -6.56. The van der Waals surface area contributed by atoms with Crippen molar-refractivity contribution < 1.29 is 4.42 Å². The third kappa shape index (κ3) is 4.32. The van der Waals surface area contributed by atoms with Crippen LogP contribution in [-0.4, -0.2) is 14.5 Å². The molecule has 0 radical (unpaired) electrons. The molecule has 0 aliphatic rings. The summed E-state index contributed by atoms with van der Waals surface area (Å²) in [5, 5.41) is 6.94. The van der Waals surface area contributed by atoms with Crippen LogP contribution in [0.15, 0.2) is 168 Å². The molecule has 11 aromatic rings. The maximum atomic E-state index is 6.61. The molecular formula is C46H27N3OS. The van der Waals surface area contributed by atoms with Crippen molar-refractivity contribution in [3.8, 4) is 39.6 Å². The van der Waals surface area contributed by atoms with Crippen molar-refractivity contribution in [1.29, 1.82) is 0 Å². The van der Waals surface area contributed by atoms with Crippen LogP contribution in [0.25, 0.3) is 104 Å². The maximum Gasteiger partial charge on any atom is 0.161 e. The SMILES string of the molecule is c1ccc(-c2cc(-c3ccccc3)nc(-c3cc(-n4c5ccccc5c5c6oc7ccccc7c6ccc54)cc4c3sc3ccccc34)n2)cc1. The van der Waals surface area contributed by atoms with E-state index in [-0.39, 0.29) is 0 Å². The van der Waals surface area contributed by atoms with Crippen LogP contribution in [0.2, 0.25) is 0 Å². The van der Waals surface area contributed by atoms with Crippen molar-refractivity contribution in [2.24, 2.45) is 0 Å². The van der Waals surface area contributed by atoms with E-state index in [0.717, 1.165) is 77.5 Å². The first-order valence-electron chi connectivity index (χ1n) is 17.1. The Morgan fingerprint density at radius 2 is 1.14 bits per heavy atom. The minimum atomic E-state index is 0.703. The fraction of sp³-hybridized carbons (Fsp3) is 0. The number of aromatic nitrogens is 3. The predicted octanol–water partition coefficient (Wildman–Crippen LogP) is 12.8. The monoisotopic (exact) mass is 669 g/mol. The molecule has 51 heavy (non-hydrogen) atoms. The molecule has 7 aromatic carbocycles. The Bertz CT molecular complexity index is 3080. The van der Waals surface area contributed by atoms with Gasteiger partial charge in [-0.05, 0) is 48.5 Å². The molecule has 0 spiro atoms. The molecule has 4 nitrogen and oxygen atoms in total. The number of fused-ring (bicyclic) bond motifs is 10. The highest BCUT2D eigenvalue weighted by molar-refractivity contribution is 7.26. The van der Waals surface area contributed by atoms with E-state index >= 15 is 0 Å². The highest BCUT2D eigenvalue weighted by Gasteiger charge is 2.22. The Labute approximate surface area is 296 Å². The zero-order chi connectivity index (χ0) is 33.5. The summed E-state index contributed by atoms with van der Waals surface area (Å²) in [5.74, 6) is 0.703. The van der Waals surface area contributed by atoms with Gasteiger partial charge in [-0.2, -0.15) is 0 Å². The minimum Gasteiger partial charge on any atom is -0.455 e. The number of rotatable bonds is 4. The van der Waals surface area contributed by atoms with Gasteiger partial charge in [0, 0.05) is 58.7 Å². The second kappa shape index (κ2) is 11.0. The molecule has 0 unspecified atom stereocenters. The number of thiophene rings is 1. The standard InChI is InChI=1S/C46H27N3OS/c1-3-13-28(14-4-1)37-27-38(29-15-5-2-6-16-29)48-46(47-37)36-26-30(25-35-32-18-9-12-22-42(32)51-45(35)36)49-39-20-10-7-19-34(39)43-40(49)24-23-33-31-17-8-11-21-41(31)50-44(33)43/h1-27H. The van der Waals surface area contributed by atoms with Crippen molar-refractivity contribution in [1.82, 2.24) is 14.5 Å². The largest absolute Gasteiger partial charge is 0.455 e. The molecule has 4 aromatic heterocycles. The van der Waals surface area contributed by atoms with Crippen LogP contribution in [0.5, 0.6) is 0 Å². The summed E-state index contributed by atoms with van der Waals surface area (Å²) < 4.78 is 11.4. The van der Waals surface area contributed by atoms with Gasteiger partial charge in [-0.25, -0.2) is 9.97 Å². The van der Waals surface area contributed by atoms with Crippen LogP contribution in [0.4, 0.5) is 0 Å². The normalized spacial score (nSPS) is 11.9. The summed E-state index contributed by atoms with van der Waals surface area (Å²) in [6.45, 7) is 0. The Morgan fingerprint density at radius 3 is 1.90 bits per heavy atom. The van der Waals surface area contributed by atoms with Crippen LogP contribution < -0.4 is 0 Å². The molecule has 0 amide bonds. The molecule has 0 aliphatic carbocycles. The smallest absolute Gasteiger partial charge is 0.161 e. The van der Waals surface area contributed by atoms with Gasteiger partial charge >= 0.3 is 0 Å². The molecule has 0 saturated heterocycles. The van der Waals surface area contributed by atoms with E-state index in [1.165, 1.54) is 20.2 Å². The van der Waals surface area contributed by atoms with Gasteiger partial charge in [-0.1, -0.05) is 115 Å². The fourth-order valence-corrected chi connectivity index (χ4v) is 8.89. The molecule has 0 fully saturated rings.